The van der Waals surface area contributed by atoms with E-state index in [1.807, 2.05) is 18.2 Å². The van der Waals surface area contributed by atoms with E-state index < -0.39 is 0 Å². The van der Waals surface area contributed by atoms with Crippen LogP contribution < -0.4 is 0 Å². The summed E-state index contributed by atoms with van der Waals surface area (Å²) in [7, 11) is 0. The van der Waals surface area contributed by atoms with Gasteiger partial charge in [-0.15, -0.1) is 0 Å². The molecule has 0 N–H and O–H groups in total. The van der Waals surface area contributed by atoms with Gasteiger partial charge < -0.3 is 14.2 Å². The zero-order valence-electron chi connectivity index (χ0n) is 11.8. The number of ether oxygens (including phenoxy) is 3. The second-order valence-electron chi connectivity index (χ2n) is 5.60. The van der Waals surface area contributed by atoms with Crippen LogP contribution in [0.25, 0.3) is 0 Å². The van der Waals surface area contributed by atoms with Crippen LogP contribution in [0.5, 0.6) is 0 Å². The maximum atomic E-state index is 5.67. The zero-order chi connectivity index (χ0) is 13.4. The van der Waals surface area contributed by atoms with Gasteiger partial charge in [-0.2, -0.15) is 0 Å². The van der Waals surface area contributed by atoms with Crippen LogP contribution in [0.4, 0.5) is 0 Å². The summed E-state index contributed by atoms with van der Waals surface area (Å²) in [4.78, 5) is 0. The third kappa shape index (κ3) is 5.31. The molecule has 0 bridgehead atoms. The lowest BCUT2D eigenvalue weighted by Crippen LogP contribution is -2.43. The second-order valence-corrected chi connectivity index (χ2v) is 5.60. The molecule has 0 aliphatic carbocycles. The van der Waals surface area contributed by atoms with Crippen molar-refractivity contribution in [3.8, 4) is 0 Å². The average Bonchev–Trinajstić information content (AvgIpc) is 2.41. The molecule has 106 valence electrons. The first-order chi connectivity index (χ1) is 9.29. The number of rotatable bonds is 9. The summed E-state index contributed by atoms with van der Waals surface area (Å²) in [5.74, 6) is 0. The molecule has 3 heteroatoms. The Morgan fingerprint density at radius 2 is 1.74 bits per heavy atom. The molecule has 1 aromatic carbocycles. The first-order valence-corrected chi connectivity index (χ1v) is 7.06. The van der Waals surface area contributed by atoms with Gasteiger partial charge in [0, 0.05) is 18.6 Å². The van der Waals surface area contributed by atoms with E-state index in [0.29, 0.717) is 6.61 Å². The molecule has 1 fully saturated rings. The Morgan fingerprint density at radius 1 is 1.05 bits per heavy atom. The van der Waals surface area contributed by atoms with E-state index >= 15 is 0 Å². The van der Waals surface area contributed by atoms with Crippen LogP contribution in [0.3, 0.4) is 0 Å². The normalized spacial score (nSPS) is 17.1. The van der Waals surface area contributed by atoms with E-state index in [-0.39, 0.29) is 5.41 Å². The van der Waals surface area contributed by atoms with Crippen LogP contribution in [0.15, 0.2) is 30.3 Å². The molecule has 1 aliphatic heterocycles. The number of benzene rings is 1. The summed E-state index contributed by atoms with van der Waals surface area (Å²) in [5, 5.41) is 0. The molecule has 0 amide bonds. The highest BCUT2D eigenvalue weighted by molar-refractivity contribution is 5.13. The van der Waals surface area contributed by atoms with Gasteiger partial charge in [0.15, 0.2) is 0 Å². The minimum absolute atomic E-state index is 0.268. The quantitative estimate of drug-likeness (QED) is 0.642. The van der Waals surface area contributed by atoms with E-state index in [2.05, 4.69) is 19.1 Å². The highest BCUT2D eigenvalue weighted by atomic mass is 16.5. The lowest BCUT2D eigenvalue weighted by molar-refractivity contribution is -0.138. The van der Waals surface area contributed by atoms with Crippen LogP contribution in [0, 0.1) is 5.41 Å². The fourth-order valence-corrected chi connectivity index (χ4v) is 2.02. The molecule has 3 nitrogen and oxygen atoms in total. The van der Waals surface area contributed by atoms with Crippen molar-refractivity contribution in [2.24, 2.45) is 5.41 Å². The monoisotopic (exact) mass is 264 g/mol. The molecule has 1 aromatic rings. The van der Waals surface area contributed by atoms with Gasteiger partial charge in [-0.1, -0.05) is 37.3 Å². The Hall–Kier alpha value is -0.900. The number of hydrogen-bond donors (Lipinski definition) is 0. The van der Waals surface area contributed by atoms with Gasteiger partial charge in [-0.25, -0.2) is 0 Å². The van der Waals surface area contributed by atoms with Crippen molar-refractivity contribution >= 4 is 0 Å². The molecule has 2 rings (SSSR count). The Bertz CT molecular complexity index is 346. The Balaban J connectivity index is 1.40. The summed E-state index contributed by atoms with van der Waals surface area (Å²) >= 11 is 0. The summed E-state index contributed by atoms with van der Waals surface area (Å²) in [5.41, 5.74) is 1.50. The summed E-state index contributed by atoms with van der Waals surface area (Å²) < 4.78 is 16.5. The molecule has 0 spiro atoms. The van der Waals surface area contributed by atoms with Crippen LogP contribution in [0.1, 0.15) is 25.3 Å². The topological polar surface area (TPSA) is 27.7 Å². The molecule has 1 aliphatic rings. The van der Waals surface area contributed by atoms with Gasteiger partial charge in [-0.05, 0) is 18.4 Å². The zero-order valence-corrected chi connectivity index (χ0v) is 11.8. The van der Waals surface area contributed by atoms with E-state index in [9.17, 15) is 0 Å². The minimum atomic E-state index is 0.268. The smallest absolute Gasteiger partial charge is 0.0716 e. The van der Waals surface area contributed by atoms with Gasteiger partial charge >= 0.3 is 0 Å². The van der Waals surface area contributed by atoms with Crippen LogP contribution in [-0.4, -0.2) is 33.0 Å². The molecule has 0 unspecified atom stereocenters. The van der Waals surface area contributed by atoms with Crippen LogP contribution in [-0.2, 0) is 20.8 Å². The predicted molar refractivity (Wildman–Crippen MR) is 75.1 cm³/mol. The Morgan fingerprint density at radius 3 is 2.37 bits per heavy atom. The van der Waals surface area contributed by atoms with Gasteiger partial charge in [-0.3, -0.25) is 0 Å². The molecule has 0 radical (unpaired) electrons. The van der Waals surface area contributed by atoms with Crippen LogP contribution in [0.2, 0.25) is 0 Å². The third-order valence-electron chi connectivity index (χ3n) is 3.29. The van der Waals surface area contributed by atoms with Crippen molar-refractivity contribution in [1.29, 1.82) is 0 Å². The lowest BCUT2D eigenvalue weighted by atomic mass is 9.90. The third-order valence-corrected chi connectivity index (χ3v) is 3.29. The minimum Gasteiger partial charge on any atom is -0.381 e. The first kappa shape index (κ1) is 14.5. The summed E-state index contributed by atoms with van der Waals surface area (Å²) in [6.45, 7) is 7.04. The maximum absolute atomic E-state index is 5.67. The van der Waals surface area contributed by atoms with E-state index in [1.165, 1.54) is 5.56 Å². The fraction of sp³-hybridized carbons (Fsp3) is 0.625. The van der Waals surface area contributed by atoms with Gasteiger partial charge in [0.1, 0.15) is 0 Å². The second kappa shape index (κ2) is 7.63. The van der Waals surface area contributed by atoms with Gasteiger partial charge in [0.2, 0.25) is 0 Å². The lowest BCUT2D eigenvalue weighted by Gasteiger charge is -2.37. The highest BCUT2D eigenvalue weighted by Crippen LogP contribution is 2.26. The molecule has 0 aromatic heterocycles. The number of hydrogen-bond acceptors (Lipinski definition) is 3. The largest absolute Gasteiger partial charge is 0.381 e. The maximum Gasteiger partial charge on any atom is 0.0716 e. The summed E-state index contributed by atoms with van der Waals surface area (Å²) in [6, 6.07) is 10.3. The fourth-order valence-electron chi connectivity index (χ4n) is 2.02. The number of unbranched alkanes of at least 4 members (excludes halogenated alkanes) is 1. The highest BCUT2D eigenvalue weighted by Gasteiger charge is 2.33. The molecular weight excluding hydrogens is 240 g/mol. The molecular formula is C16H24O3. The molecule has 19 heavy (non-hydrogen) atoms. The van der Waals surface area contributed by atoms with Crippen molar-refractivity contribution in [3.63, 3.8) is 0 Å². The molecule has 1 saturated heterocycles. The predicted octanol–water partition coefficient (Wildman–Crippen LogP) is 3.04. The van der Waals surface area contributed by atoms with Gasteiger partial charge in [0.25, 0.3) is 0 Å². The van der Waals surface area contributed by atoms with Crippen molar-refractivity contribution in [1.82, 2.24) is 0 Å². The Labute approximate surface area is 115 Å². The van der Waals surface area contributed by atoms with E-state index in [4.69, 9.17) is 14.2 Å². The molecule has 1 heterocycles. The van der Waals surface area contributed by atoms with Crippen LogP contribution >= 0.6 is 0 Å². The average molecular weight is 264 g/mol. The Kier molecular flexibility index (Phi) is 5.83. The SMILES string of the molecule is CC1(COCCCCOCc2ccccc2)COC1. The van der Waals surface area contributed by atoms with Crippen molar-refractivity contribution in [2.45, 2.75) is 26.4 Å². The van der Waals surface area contributed by atoms with Crippen molar-refractivity contribution in [3.05, 3.63) is 35.9 Å². The van der Waals surface area contributed by atoms with Crippen molar-refractivity contribution in [2.75, 3.05) is 33.0 Å². The van der Waals surface area contributed by atoms with E-state index in [1.54, 1.807) is 0 Å². The molecule has 0 atom stereocenters. The van der Waals surface area contributed by atoms with Crippen molar-refractivity contribution < 1.29 is 14.2 Å². The van der Waals surface area contributed by atoms with Gasteiger partial charge in [0.05, 0.1) is 26.4 Å². The molecule has 0 saturated carbocycles. The van der Waals surface area contributed by atoms with E-state index in [0.717, 1.165) is 45.9 Å². The first-order valence-electron chi connectivity index (χ1n) is 7.06. The standard InChI is InChI=1S/C16H24O3/c1-16(13-19-14-16)12-18-10-6-5-9-17-11-15-7-3-2-4-8-15/h2-4,7-8H,5-6,9-14H2,1H3. The summed E-state index contributed by atoms with van der Waals surface area (Å²) in [6.07, 6.45) is 2.12.